The first kappa shape index (κ1) is 12.0. The zero-order chi connectivity index (χ0) is 10.8. The van der Waals surface area contributed by atoms with Crippen molar-refractivity contribution < 1.29 is 0 Å². The van der Waals surface area contributed by atoms with Gasteiger partial charge in [0.1, 0.15) is 0 Å². The van der Waals surface area contributed by atoms with Crippen LogP contribution in [0.4, 0.5) is 0 Å². The Kier molecular flexibility index (Phi) is 3.96. The van der Waals surface area contributed by atoms with Gasteiger partial charge in [-0.05, 0) is 32.2 Å². The Balaban J connectivity index is 2.74. The minimum atomic E-state index is 0.399. The Labute approximate surface area is 89.1 Å². The maximum absolute atomic E-state index is 3.49. The molecule has 0 radical (unpaired) electrons. The first-order chi connectivity index (χ1) is 6.43. The first-order valence-corrected chi connectivity index (χ1v) is 5.89. The third kappa shape index (κ3) is 2.96. The van der Waals surface area contributed by atoms with Crippen LogP contribution in [0.3, 0.4) is 0 Å². The van der Waals surface area contributed by atoms with Crippen LogP contribution in [-0.4, -0.2) is 36.6 Å². The summed E-state index contributed by atoms with van der Waals surface area (Å²) in [6, 6.07) is 1.39. The minimum absolute atomic E-state index is 0.399. The van der Waals surface area contributed by atoms with E-state index in [1.165, 1.54) is 19.5 Å². The summed E-state index contributed by atoms with van der Waals surface area (Å²) < 4.78 is 0. The third-order valence-corrected chi connectivity index (χ3v) is 3.20. The minimum Gasteiger partial charge on any atom is -0.315 e. The van der Waals surface area contributed by atoms with Crippen molar-refractivity contribution in [3.63, 3.8) is 0 Å². The molecule has 0 saturated carbocycles. The molecular weight excluding hydrogens is 172 g/mol. The van der Waals surface area contributed by atoms with E-state index in [1.54, 1.807) is 0 Å². The van der Waals surface area contributed by atoms with Crippen LogP contribution < -0.4 is 5.32 Å². The van der Waals surface area contributed by atoms with E-state index in [0.29, 0.717) is 11.5 Å². The second-order valence-electron chi connectivity index (χ2n) is 5.75. The summed E-state index contributed by atoms with van der Waals surface area (Å²) in [6.45, 7) is 15.2. The highest BCUT2D eigenvalue weighted by Crippen LogP contribution is 2.28. The van der Waals surface area contributed by atoms with Crippen LogP contribution in [-0.2, 0) is 0 Å². The van der Waals surface area contributed by atoms with E-state index in [9.17, 15) is 0 Å². The summed E-state index contributed by atoms with van der Waals surface area (Å²) in [4.78, 5) is 2.65. The molecule has 1 N–H and O–H groups in total. The van der Waals surface area contributed by atoms with Crippen molar-refractivity contribution in [2.75, 3.05) is 19.6 Å². The van der Waals surface area contributed by atoms with Gasteiger partial charge < -0.3 is 5.32 Å². The topological polar surface area (TPSA) is 15.3 Å². The Hall–Kier alpha value is -0.0800. The molecule has 1 heterocycles. The lowest BCUT2D eigenvalue weighted by atomic mass is 9.83. The molecule has 0 bridgehead atoms. The van der Waals surface area contributed by atoms with E-state index in [0.717, 1.165) is 12.6 Å². The molecule has 0 aromatic rings. The first-order valence-electron chi connectivity index (χ1n) is 5.89. The third-order valence-electron chi connectivity index (χ3n) is 3.20. The molecule has 14 heavy (non-hydrogen) atoms. The monoisotopic (exact) mass is 198 g/mol. The molecule has 1 aliphatic heterocycles. The summed E-state index contributed by atoms with van der Waals surface area (Å²) in [5, 5.41) is 3.49. The van der Waals surface area contributed by atoms with Crippen molar-refractivity contribution in [3.05, 3.63) is 0 Å². The molecule has 2 heteroatoms. The Morgan fingerprint density at radius 2 is 1.86 bits per heavy atom. The van der Waals surface area contributed by atoms with Crippen molar-refractivity contribution in [2.45, 2.75) is 53.1 Å². The molecule has 0 aromatic heterocycles. The van der Waals surface area contributed by atoms with E-state index in [4.69, 9.17) is 0 Å². The lowest BCUT2D eigenvalue weighted by Gasteiger charge is -2.41. The van der Waals surface area contributed by atoms with E-state index in [-0.39, 0.29) is 0 Å². The molecule has 1 fully saturated rings. The normalized spacial score (nSPS) is 26.6. The molecule has 0 amide bonds. The summed E-state index contributed by atoms with van der Waals surface area (Å²) >= 11 is 0. The van der Waals surface area contributed by atoms with Gasteiger partial charge in [0.2, 0.25) is 0 Å². The van der Waals surface area contributed by atoms with Gasteiger partial charge in [-0.3, -0.25) is 4.90 Å². The van der Waals surface area contributed by atoms with Crippen LogP contribution >= 0.6 is 0 Å². The average Bonchev–Trinajstić information content (AvgIpc) is 2.26. The summed E-state index contributed by atoms with van der Waals surface area (Å²) in [7, 11) is 0. The molecule has 84 valence electrons. The van der Waals surface area contributed by atoms with Gasteiger partial charge in [-0.25, -0.2) is 0 Å². The van der Waals surface area contributed by atoms with Crippen LogP contribution in [0.5, 0.6) is 0 Å². The Morgan fingerprint density at radius 3 is 2.36 bits per heavy atom. The van der Waals surface area contributed by atoms with Gasteiger partial charge in [0, 0.05) is 25.2 Å². The van der Waals surface area contributed by atoms with Crippen LogP contribution in [0.25, 0.3) is 0 Å². The number of hydrogen-bond donors (Lipinski definition) is 1. The van der Waals surface area contributed by atoms with E-state index in [1.807, 2.05) is 0 Å². The van der Waals surface area contributed by atoms with Gasteiger partial charge >= 0.3 is 0 Å². The van der Waals surface area contributed by atoms with E-state index >= 15 is 0 Å². The second-order valence-corrected chi connectivity index (χ2v) is 5.75. The lowest BCUT2D eigenvalue weighted by molar-refractivity contribution is 0.0768. The number of rotatable bonds is 1. The van der Waals surface area contributed by atoms with Gasteiger partial charge in [0.25, 0.3) is 0 Å². The fourth-order valence-corrected chi connectivity index (χ4v) is 2.44. The largest absolute Gasteiger partial charge is 0.315 e. The predicted molar refractivity (Wildman–Crippen MR) is 62.6 cm³/mol. The van der Waals surface area contributed by atoms with Crippen LogP contribution in [0.1, 0.15) is 41.0 Å². The summed E-state index contributed by atoms with van der Waals surface area (Å²) in [5.41, 5.74) is 0.399. The molecule has 0 aliphatic carbocycles. The van der Waals surface area contributed by atoms with Crippen molar-refractivity contribution in [2.24, 2.45) is 5.41 Å². The van der Waals surface area contributed by atoms with E-state index in [2.05, 4.69) is 44.8 Å². The van der Waals surface area contributed by atoms with Gasteiger partial charge in [-0.1, -0.05) is 20.8 Å². The highest BCUT2D eigenvalue weighted by molar-refractivity contribution is 4.87. The number of hydrogen-bond acceptors (Lipinski definition) is 2. The fourth-order valence-electron chi connectivity index (χ4n) is 2.44. The average molecular weight is 198 g/mol. The van der Waals surface area contributed by atoms with Gasteiger partial charge in [0.05, 0.1) is 0 Å². The molecule has 1 aliphatic rings. The van der Waals surface area contributed by atoms with Crippen molar-refractivity contribution in [1.29, 1.82) is 0 Å². The van der Waals surface area contributed by atoms with E-state index < -0.39 is 0 Å². The Morgan fingerprint density at radius 1 is 1.21 bits per heavy atom. The van der Waals surface area contributed by atoms with Crippen LogP contribution in [0.2, 0.25) is 0 Å². The van der Waals surface area contributed by atoms with Gasteiger partial charge in [0.15, 0.2) is 0 Å². The number of nitrogens with zero attached hydrogens (tertiary/aromatic N) is 1. The van der Waals surface area contributed by atoms with Gasteiger partial charge in [-0.15, -0.1) is 0 Å². The van der Waals surface area contributed by atoms with Crippen molar-refractivity contribution in [3.8, 4) is 0 Å². The Bertz CT molecular complexity index is 170. The number of nitrogens with one attached hydrogen (secondary N) is 1. The summed E-state index contributed by atoms with van der Waals surface area (Å²) in [6.07, 6.45) is 1.28. The molecule has 1 saturated heterocycles. The van der Waals surface area contributed by atoms with Crippen molar-refractivity contribution >= 4 is 0 Å². The molecule has 1 atom stereocenters. The highest BCUT2D eigenvalue weighted by Gasteiger charge is 2.32. The lowest BCUT2D eigenvalue weighted by Crippen LogP contribution is -2.47. The molecule has 1 rings (SSSR count). The van der Waals surface area contributed by atoms with Crippen LogP contribution in [0, 0.1) is 5.41 Å². The molecular formula is C12H26N2. The predicted octanol–water partition coefficient (Wildman–Crippen LogP) is 2.10. The smallest absolute Gasteiger partial charge is 0.0159 e. The van der Waals surface area contributed by atoms with Crippen LogP contribution in [0.15, 0.2) is 0 Å². The zero-order valence-electron chi connectivity index (χ0n) is 10.4. The van der Waals surface area contributed by atoms with Crippen molar-refractivity contribution in [1.82, 2.24) is 10.2 Å². The SMILES string of the molecule is CC(C)N1CCNCC[C@@H]1C(C)(C)C. The maximum atomic E-state index is 3.49. The second kappa shape index (κ2) is 4.63. The highest BCUT2D eigenvalue weighted by atomic mass is 15.2. The zero-order valence-corrected chi connectivity index (χ0v) is 10.4. The standard InChI is InChI=1S/C12H26N2/c1-10(2)14-9-8-13-7-6-11(14)12(3,4)5/h10-11,13H,6-9H2,1-5H3/t11-/m1/s1. The fraction of sp³-hybridized carbons (Fsp3) is 1.00. The van der Waals surface area contributed by atoms with Gasteiger partial charge in [-0.2, -0.15) is 0 Å². The quantitative estimate of drug-likeness (QED) is 0.694. The maximum Gasteiger partial charge on any atom is 0.0159 e. The molecule has 0 aromatic carbocycles. The molecule has 0 unspecified atom stereocenters. The molecule has 0 spiro atoms. The summed E-state index contributed by atoms with van der Waals surface area (Å²) in [5.74, 6) is 0. The molecule has 2 nitrogen and oxygen atoms in total.